The highest BCUT2D eigenvalue weighted by Gasteiger charge is 2.54. The first-order chi connectivity index (χ1) is 5.76. The molecule has 62 valence electrons. The van der Waals surface area contributed by atoms with Crippen molar-refractivity contribution in [1.82, 2.24) is 9.97 Å². The number of hydrogen-bond donors (Lipinski definition) is 1. The van der Waals surface area contributed by atoms with Gasteiger partial charge in [0, 0.05) is 12.4 Å². The molecule has 0 radical (unpaired) electrons. The van der Waals surface area contributed by atoms with E-state index < -0.39 is 11.4 Å². The minimum absolute atomic E-state index is 0.442. The third-order valence-electron chi connectivity index (χ3n) is 2.15. The van der Waals surface area contributed by atoms with Crippen molar-refractivity contribution < 1.29 is 9.90 Å². The van der Waals surface area contributed by atoms with Crippen molar-refractivity contribution in [3.63, 3.8) is 0 Å². The molecule has 12 heavy (non-hydrogen) atoms. The highest BCUT2D eigenvalue weighted by atomic mass is 16.4. The summed E-state index contributed by atoms with van der Waals surface area (Å²) >= 11 is 0. The summed E-state index contributed by atoms with van der Waals surface area (Å²) in [5, 5.41) is 8.88. The second kappa shape index (κ2) is 2.27. The quantitative estimate of drug-likeness (QED) is 0.694. The second-order valence-corrected chi connectivity index (χ2v) is 2.96. The lowest BCUT2D eigenvalue weighted by Crippen LogP contribution is -2.22. The molecule has 0 aliphatic heterocycles. The molecule has 1 aliphatic rings. The minimum Gasteiger partial charge on any atom is -0.480 e. The van der Waals surface area contributed by atoms with Crippen LogP contribution in [-0.4, -0.2) is 21.0 Å². The van der Waals surface area contributed by atoms with Crippen molar-refractivity contribution in [2.75, 3.05) is 0 Å². The van der Waals surface area contributed by atoms with Crippen LogP contribution in [0.2, 0.25) is 0 Å². The molecule has 0 saturated heterocycles. The number of carbonyl (C=O) groups is 1. The molecule has 1 aromatic heterocycles. The smallest absolute Gasteiger partial charge is 0.317 e. The van der Waals surface area contributed by atoms with Crippen LogP contribution in [-0.2, 0) is 10.2 Å². The zero-order valence-electron chi connectivity index (χ0n) is 6.40. The number of carboxylic acid groups (broad SMARTS) is 1. The number of rotatable bonds is 2. The van der Waals surface area contributed by atoms with Gasteiger partial charge in [-0.2, -0.15) is 0 Å². The standard InChI is InChI=1S/C8H8N2O2/c11-7(12)8(2-3-8)6-9-4-1-5-10-6/h1,4-5H,2-3H2,(H,11,12). The molecule has 1 aliphatic carbocycles. The van der Waals surface area contributed by atoms with Gasteiger partial charge in [0.2, 0.25) is 0 Å². The molecular formula is C8H8N2O2. The van der Waals surface area contributed by atoms with Gasteiger partial charge in [-0.25, -0.2) is 9.97 Å². The fraction of sp³-hybridized carbons (Fsp3) is 0.375. The number of nitrogens with zero attached hydrogens (tertiary/aromatic N) is 2. The van der Waals surface area contributed by atoms with Crippen molar-refractivity contribution in [2.45, 2.75) is 18.3 Å². The molecule has 2 rings (SSSR count). The number of aromatic nitrogens is 2. The van der Waals surface area contributed by atoms with Crippen LogP contribution in [0.1, 0.15) is 18.7 Å². The van der Waals surface area contributed by atoms with Crippen molar-refractivity contribution in [3.05, 3.63) is 24.3 Å². The molecule has 0 aromatic carbocycles. The Morgan fingerprint density at radius 1 is 1.42 bits per heavy atom. The Labute approximate surface area is 69.3 Å². The van der Waals surface area contributed by atoms with Crippen LogP contribution in [0.4, 0.5) is 0 Å². The number of carboxylic acids is 1. The van der Waals surface area contributed by atoms with E-state index >= 15 is 0 Å². The summed E-state index contributed by atoms with van der Waals surface area (Å²) in [5.74, 6) is -0.369. The van der Waals surface area contributed by atoms with E-state index in [2.05, 4.69) is 9.97 Å². The molecule has 1 saturated carbocycles. The van der Waals surface area contributed by atoms with Gasteiger partial charge in [0.1, 0.15) is 11.2 Å². The topological polar surface area (TPSA) is 63.1 Å². The van der Waals surface area contributed by atoms with Gasteiger partial charge in [0.05, 0.1) is 0 Å². The van der Waals surface area contributed by atoms with Crippen LogP contribution in [0.3, 0.4) is 0 Å². The van der Waals surface area contributed by atoms with Gasteiger partial charge in [-0.3, -0.25) is 4.79 Å². The first-order valence-corrected chi connectivity index (χ1v) is 3.77. The van der Waals surface area contributed by atoms with Gasteiger partial charge in [-0.15, -0.1) is 0 Å². The summed E-state index contributed by atoms with van der Waals surface area (Å²) in [6.07, 6.45) is 4.47. The largest absolute Gasteiger partial charge is 0.480 e. The highest BCUT2D eigenvalue weighted by Crippen LogP contribution is 2.46. The summed E-state index contributed by atoms with van der Waals surface area (Å²) in [6.45, 7) is 0. The lowest BCUT2D eigenvalue weighted by molar-refractivity contribution is -0.140. The van der Waals surface area contributed by atoms with Crippen molar-refractivity contribution >= 4 is 5.97 Å². The molecular weight excluding hydrogens is 156 g/mol. The molecule has 1 aromatic rings. The molecule has 0 bridgehead atoms. The Bertz CT molecular complexity index is 306. The molecule has 4 nitrogen and oxygen atoms in total. The molecule has 0 atom stereocenters. The molecule has 1 N–H and O–H groups in total. The molecule has 0 amide bonds. The van der Waals surface area contributed by atoms with E-state index in [-0.39, 0.29) is 0 Å². The van der Waals surface area contributed by atoms with Crippen LogP contribution < -0.4 is 0 Å². The van der Waals surface area contributed by atoms with Crippen molar-refractivity contribution in [3.8, 4) is 0 Å². The lowest BCUT2D eigenvalue weighted by atomic mass is 10.1. The summed E-state index contributed by atoms with van der Waals surface area (Å²) in [7, 11) is 0. The Morgan fingerprint density at radius 3 is 2.42 bits per heavy atom. The van der Waals surface area contributed by atoms with E-state index in [1.807, 2.05) is 0 Å². The van der Waals surface area contributed by atoms with Crippen LogP contribution in [0, 0.1) is 0 Å². The van der Waals surface area contributed by atoms with Gasteiger partial charge < -0.3 is 5.11 Å². The maximum Gasteiger partial charge on any atom is 0.317 e. The highest BCUT2D eigenvalue weighted by molar-refractivity contribution is 5.83. The van der Waals surface area contributed by atoms with Gasteiger partial charge in [0.25, 0.3) is 0 Å². The van der Waals surface area contributed by atoms with Crippen molar-refractivity contribution in [2.24, 2.45) is 0 Å². The monoisotopic (exact) mass is 164 g/mol. The zero-order chi connectivity index (χ0) is 8.60. The maximum absolute atomic E-state index is 10.8. The van der Waals surface area contributed by atoms with E-state index in [1.54, 1.807) is 18.5 Å². The Balaban J connectivity index is 2.37. The van der Waals surface area contributed by atoms with Gasteiger partial charge in [-0.05, 0) is 18.9 Å². The third kappa shape index (κ3) is 0.879. The fourth-order valence-corrected chi connectivity index (χ4v) is 1.20. The second-order valence-electron chi connectivity index (χ2n) is 2.96. The molecule has 0 unspecified atom stereocenters. The molecule has 1 fully saturated rings. The van der Waals surface area contributed by atoms with E-state index in [1.165, 1.54) is 0 Å². The summed E-state index contributed by atoms with van der Waals surface area (Å²) in [4.78, 5) is 18.7. The summed E-state index contributed by atoms with van der Waals surface area (Å²) in [5.41, 5.74) is -0.763. The van der Waals surface area contributed by atoms with Gasteiger partial charge >= 0.3 is 5.97 Å². The van der Waals surface area contributed by atoms with E-state index in [9.17, 15) is 4.79 Å². The SMILES string of the molecule is O=C(O)C1(c2ncccn2)CC1. The number of aliphatic carboxylic acids is 1. The Hall–Kier alpha value is -1.45. The maximum atomic E-state index is 10.8. The number of hydrogen-bond acceptors (Lipinski definition) is 3. The first kappa shape index (κ1) is 7.21. The summed E-state index contributed by atoms with van der Waals surface area (Å²) in [6, 6.07) is 1.68. The van der Waals surface area contributed by atoms with Crippen LogP contribution in [0.5, 0.6) is 0 Å². The van der Waals surface area contributed by atoms with E-state index in [0.29, 0.717) is 18.7 Å². The third-order valence-corrected chi connectivity index (χ3v) is 2.15. The Morgan fingerprint density at radius 2 is 2.00 bits per heavy atom. The van der Waals surface area contributed by atoms with Crippen molar-refractivity contribution in [1.29, 1.82) is 0 Å². The van der Waals surface area contributed by atoms with Crippen LogP contribution in [0.15, 0.2) is 18.5 Å². The zero-order valence-corrected chi connectivity index (χ0v) is 6.40. The van der Waals surface area contributed by atoms with E-state index in [0.717, 1.165) is 0 Å². The van der Waals surface area contributed by atoms with E-state index in [4.69, 9.17) is 5.11 Å². The molecule has 0 spiro atoms. The molecule has 4 heteroatoms. The first-order valence-electron chi connectivity index (χ1n) is 3.77. The van der Waals surface area contributed by atoms with Crippen LogP contribution >= 0.6 is 0 Å². The minimum atomic E-state index is -0.811. The normalized spacial score (nSPS) is 18.7. The average Bonchev–Trinajstić information content (AvgIpc) is 2.86. The predicted octanol–water partition coefficient (Wildman–Crippen LogP) is 0.593. The van der Waals surface area contributed by atoms with Gasteiger partial charge in [0.15, 0.2) is 0 Å². The van der Waals surface area contributed by atoms with Gasteiger partial charge in [-0.1, -0.05) is 0 Å². The average molecular weight is 164 g/mol. The molecule has 1 heterocycles. The predicted molar refractivity (Wildman–Crippen MR) is 40.6 cm³/mol. The lowest BCUT2D eigenvalue weighted by Gasteiger charge is -2.05. The fourth-order valence-electron chi connectivity index (χ4n) is 1.20. The summed E-state index contributed by atoms with van der Waals surface area (Å²) < 4.78 is 0. The van der Waals surface area contributed by atoms with Crippen LogP contribution in [0.25, 0.3) is 0 Å². The Kier molecular flexibility index (Phi) is 1.36.